The first kappa shape index (κ1) is 34.2. The molecule has 0 saturated carbocycles. The Kier molecular flexibility index (Phi) is 14.9. The molecule has 3 rings (SSSR count). The number of benzene rings is 3. The van der Waals surface area contributed by atoms with E-state index in [-0.39, 0.29) is 34.5 Å². The van der Waals surface area contributed by atoms with Gasteiger partial charge in [0.2, 0.25) is 0 Å². The second kappa shape index (κ2) is 14.8. The Labute approximate surface area is 251 Å². The summed E-state index contributed by atoms with van der Waals surface area (Å²) in [6.07, 6.45) is 0. The molecule has 0 aliphatic rings. The van der Waals surface area contributed by atoms with E-state index in [2.05, 4.69) is 0 Å². The average Bonchev–Trinajstić information content (AvgIpc) is 2.67. The van der Waals surface area contributed by atoms with Gasteiger partial charge in [-0.1, -0.05) is 18.2 Å². The third-order valence-corrected chi connectivity index (χ3v) is 7.76. The fourth-order valence-corrected chi connectivity index (χ4v) is 5.68. The summed E-state index contributed by atoms with van der Waals surface area (Å²) in [7, 11) is -12.8. The average molecular weight is 919 g/mol. The van der Waals surface area contributed by atoms with E-state index in [0.717, 1.165) is 10.7 Å². The van der Waals surface area contributed by atoms with E-state index in [9.17, 15) is 38.9 Å². The maximum absolute atomic E-state index is 10.4. The second-order valence-corrected chi connectivity index (χ2v) is 13.6. The van der Waals surface area contributed by atoms with Crippen molar-refractivity contribution in [3.63, 3.8) is 0 Å². The SMILES string of the molecule is O=S(=O)([O-])c1cccc(I)c1.O=S(=O)([O-])c1cccc(I)c1.O=S(=O)([O-])c1cccc(I)c1.[Ga+3]. The van der Waals surface area contributed by atoms with Gasteiger partial charge in [-0.3, -0.25) is 0 Å². The first-order valence-corrected chi connectivity index (χ1v) is 15.6. The molecule has 0 atom stereocenters. The van der Waals surface area contributed by atoms with Crippen LogP contribution >= 0.6 is 67.8 Å². The summed E-state index contributed by atoms with van der Waals surface area (Å²) < 4.78 is 96.0. The van der Waals surface area contributed by atoms with Crippen molar-refractivity contribution < 1.29 is 38.9 Å². The van der Waals surface area contributed by atoms with Crippen LogP contribution in [0.3, 0.4) is 0 Å². The largest absolute Gasteiger partial charge is 3.00 e. The molecule has 3 aromatic carbocycles. The predicted molar refractivity (Wildman–Crippen MR) is 147 cm³/mol. The molecule has 0 aliphatic carbocycles. The van der Waals surface area contributed by atoms with Crippen LogP contribution in [-0.2, 0) is 30.4 Å². The van der Waals surface area contributed by atoms with Crippen LogP contribution < -0.4 is 0 Å². The van der Waals surface area contributed by atoms with E-state index in [4.69, 9.17) is 0 Å². The molecular formula is C18H12GaI3O9S3. The molecule has 3 aromatic rings. The minimum absolute atomic E-state index is 0. The van der Waals surface area contributed by atoms with E-state index >= 15 is 0 Å². The predicted octanol–water partition coefficient (Wildman–Crippen LogP) is 3.21. The molecule has 0 radical (unpaired) electrons. The number of rotatable bonds is 3. The zero-order valence-corrected chi connectivity index (χ0v) is 27.9. The summed E-state index contributed by atoms with van der Waals surface area (Å²) in [4.78, 5) is -0.529. The summed E-state index contributed by atoms with van der Waals surface area (Å²) in [5, 5.41) is 0. The van der Waals surface area contributed by atoms with E-state index in [1.165, 1.54) is 54.6 Å². The van der Waals surface area contributed by atoms with Crippen molar-refractivity contribution in [3.05, 3.63) is 83.5 Å². The van der Waals surface area contributed by atoms with E-state index in [1.54, 1.807) is 18.2 Å². The molecule has 0 fully saturated rings. The Bertz CT molecular complexity index is 1250. The van der Waals surface area contributed by atoms with E-state index in [0.29, 0.717) is 0 Å². The van der Waals surface area contributed by atoms with Crippen LogP contribution in [0, 0.1) is 10.7 Å². The Morgan fingerprint density at radius 3 is 0.794 bits per heavy atom. The second-order valence-electron chi connectivity index (χ2n) is 5.73. The van der Waals surface area contributed by atoms with Gasteiger partial charge in [0, 0.05) is 10.7 Å². The summed E-state index contributed by atoms with van der Waals surface area (Å²) in [6, 6.07) is 17.6. The molecule has 0 amide bonds. The standard InChI is InChI=1S/3C6H5IO3S.Ga/c3*7-5-2-1-3-6(4-5)11(8,9)10;/h3*1-4H,(H,8,9,10);/q;;;+3/p-3. The van der Waals surface area contributed by atoms with Crippen molar-refractivity contribution in [1.82, 2.24) is 0 Å². The topological polar surface area (TPSA) is 172 Å². The minimum Gasteiger partial charge on any atom is -0.744 e. The van der Waals surface area contributed by atoms with Crippen LogP contribution in [0.15, 0.2) is 87.5 Å². The van der Waals surface area contributed by atoms with E-state index in [1.807, 2.05) is 67.8 Å². The van der Waals surface area contributed by atoms with Crippen LogP contribution in [-0.4, -0.2) is 58.7 Å². The van der Waals surface area contributed by atoms with Gasteiger partial charge in [-0.15, -0.1) is 0 Å². The van der Waals surface area contributed by atoms with Gasteiger partial charge in [0.25, 0.3) is 0 Å². The van der Waals surface area contributed by atoms with Crippen molar-refractivity contribution in [1.29, 1.82) is 0 Å². The normalized spacial score (nSPS) is 11.1. The maximum atomic E-state index is 10.4. The van der Waals surface area contributed by atoms with Crippen molar-refractivity contribution >= 4 is 118 Å². The molecule has 180 valence electrons. The smallest absolute Gasteiger partial charge is 0.744 e. The van der Waals surface area contributed by atoms with Gasteiger partial charge in [0.05, 0.1) is 14.7 Å². The fraction of sp³-hybridized carbons (Fsp3) is 0. The van der Waals surface area contributed by atoms with Gasteiger partial charge >= 0.3 is 19.8 Å². The van der Waals surface area contributed by atoms with Gasteiger partial charge in [0.15, 0.2) is 0 Å². The summed E-state index contributed by atoms with van der Waals surface area (Å²) in [5.41, 5.74) is 0. The molecule has 9 nitrogen and oxygen atoms in total. The van der Waals surface area contributed by atoms with Gasteiger partial charge in [-0.05, 0) is 122 Å². The molecule has 16 heteroatoms. The zero-order valence-electron chi connectivity index (χ0n) is 16.5. The molecule has 0 saturated heterocycles. The van der Waals surface area contributed by atoms with Gasteiger partial charge in [0.1, 0.15) is 30.4 Å². The molecule has 0 unspecified atom stereocenters. The molecule has 0 heterocycles. The van der Waals surface area contributed by atoms with Crippen LogP contribution in [0.25, 0.3) is 0 Å². The first-order valence-electron chi connectivity index (χ1n) is 8.14. The Balaban J connectivity index is 0.000000473. The number of hydrogen-bond donors (Lipinski definition) is 0. The first-order chi connectivity index (χ1) is 15.0. The van der Waals surface area contributed by atoms with Crippen molar-refractivity contribution in [2.24, 2.45) is 0 Å². The Morgan fingerprint density at radius 2 is 0.676 bits per heavy atom. The molecule has 0 spiro atoms. The molecule has 0 aliphatic heterocycles. The number of hydrogen-bond acceptors (Lipinski definition) is 9. The van der Waals surface area contributed by atoms with Crippen molar-refractivity contribution in [2.75, 3.05) is 0 Å². The third-order valence-electron chi connectivity index (χ3n) is 3.25. The minimum atomic E-state index is -4.28. The molecule has 34 heavy (non-hydrogen) atoms. The van der Waals surface area contributed by atoms with Crippen molar-refractivity contribution in [2.45, 2.75) is 14.7 Å². The van der Waals surface area contributed by atoms with Gasteiger partial charge in [-0.2, -0.15) is 0 Å². The zero-order chi connectivity index (χ0) is 25.4. The van der Waals surface area contributed by atoms with Crippen LogP contribution in [0.1, 0.15) is 0 Å². The van der Waals surface area contributed by atoms with Crippen LogP contribution in [0.5, 0.6) is 0 Å². The third kappa shape index (κ3) is 13.5. The summed E-state index contributed by atoms with van der Waals surface area (Å²) in [5.74, 6) is 0. The Hall–Kier alpha value is 0.216. The van der Waals surface area contributed by atoms with E-state index < -0.39 is 30.4 Å². The van der Waals surface area contributed by atoms with Crippen LogP contribution in [0.4, 0.5) is 0 Å². The summed E-state index contributed by atoms with van der Waals surface area (Å²) in [6.45, 7) is 0. The van der Waals surface area contributed by atoms with Gasteiger partial charge in [-0.25, -0.2) is 25.3 Å². The molecule has 0 bridgehead atoms. The summed E-state index contributed by atoms with van der Waals surface area (Å²) >= 11 is 5.83. The Morgan fingerprint density at radius 1 is 0.471 bits per heavy atom. The molecule has 0 N–H and O–H groups in total. The fourth-order valence-electron chi connectivity index (χ4n) is 1.87. The molecule has 0 aromatic heterocycles. The quantitative estimate of drug-likeness (QED) is 0.218. The molecular weight excluding hydrogens is 907 g/mol. The van der Waals surface area contributed by atoms with Gasteiger partial charge < -0.3 is 13.7 Å². The van der Waals surface area contributed by atoms with Crippen LogP contribution in [0.2, 0.25) is 0 Å². The number of halogens is 3. The monoisotopic (exact) mass is 918 g/mol. The maximum Gasteiger partial charge on any atom is 3.00 e. The van der Waals surface area contributed by atoms with Crippen molar-refractivity contribution in [3.8, 4) is 0 Å².